The Balaban J connectivity index is 2.64. The molecule has 3 nitrogen and oxygen atoms in total. The number of nitrogens with zero attached hydrogens (tertiary/aromatic N) is 2. The molecule has 2 rings (SSSR count). The summed E-state index contributed by atoms with van der Waals surface area (Å²) in [5, 5.41) is 0. The molecule has 1 heterocycles. The van der Waals surface area contributed by atoms with Crippen molar-refractivity contribution in [3.05, 3.63) is 23.3 Å². The summed E-state index contributed by atoms with van der Waals surface area (Å²) in [6.45, 7) is 10.3. The highest BCUT2D eigenvalue weighted by Crippen LogP contribution is 2.43. The van der Waals surface area contributed by atoms with E-state index in [0.717, 1.165) is 24.2 Å². The van der Waals surface area contributed by atoms with Crippen molar-refractivity contribution >= 4 is 5.78 Å². The van der Waals surface area contributed by atoms with Crippen LogP contribution >= 0.6 is 0 Å². The molecule has 0 unspecified atom stereocenters. The van der Waals surface area contributed by atoms with Gasteiger partial charge in [0.15, 0.2) is 5.78 Å². The van der Waals surface area contributed by atoms with Crippen molar-refractivity contribution in [3.63, 3.8) is 0 Å². The van der Waals surface area contributed by atoms with Crippen molar-refractivity contribution in [2.75, 3.05) is 0 Å². The maximum atomic E-state index is 11.4. The number of carbonyl (C=O) groups excluding carboxylic acids is 1. The Morgan fingerprint density at radius 1 is 1.12 bits per heavy atom. The van der Waals surface area contributed by atoms with E-state index in [-0.39, 0.29) is 16.6 Å². The number of aromatic nitrogens is 2. The molecule has 17 heavy (non-hydrogen) atoms. The molecule has 0 fully saturated rings. The summed E-state index contributed by atoms with van der Waals surface area (Å²) in [7, 11) is 0. The first-order chi connectivity index (χ1) is 7.74. The number of rotatable bonds is 1. The van der Waals surface area contributed by atoms with Gasteiger partial charge in [-0.2, -0.15) is 0 Å². The summed E-state index contributed by atoms with van der Waals surface area (Å²) in [4.78, 5) is 20.5. The van der Waals surface area contributed by atoms with E-state index < -0.39 is 0 Å². The maximum Gasteiger partial charge on any atom is 0.179 e. The van der Waals surface area contributed by atoms with E-state index in [2.05, 4.69) is 37.7 Å². The summed E-state index contributed by atoms with van der Waals surface area (Å²) >= 11 is 0. The van der Waals surface area contributed by atoms with Crippen LogP contribution in [0.4, 0.5) is 0 Å². The first kappa shape index (κ1) is 12.2. The molecular weight excluding hydrogens is 212 g/mol. The van der Waals surface area contributed by atoms with Crippen molar-refractivity contribution in [1.82, 2.24) is 9.97 Å². The SMILES string of the molecule is CC(=O)c1cnc2c(n1)C(C)(C)CCC2(C)C. The highest BCUT2D eigenvalue weighted by Gasteiger charge is 2.39. The van der Waals surface area contributed by atoms with Crippen molar-refractivity contribution in [1.29, 1.82) is 0 Å². The van der Waals surface area contributed by atoms with Crippen molar-refractivity contribution in [3.8, 4) is 0 Å². The molecule has 0 radical (unpaired) electrons. The maximum absolute atomic E-state index is 11.4. The number of carbonyl (C=O) groups is 1. The Kier molecular flexibility index (Phi) is 2.60. The van der Waals surface area contributed by atoms with Gasteiger partial charge in [0.25, 0.3) is 0 Å². The van der Waals surface area contributed by atoms with E-state index in [1.54, 1.807) is 6.20 Å². The average Bonchev–Trinajstić information content (AvgIpc) is 2.24. The molecular formula is C14H20N2O. The molecule has 1 aromatic heterocycles. The highest BCUT2D eigenvalue weighted by atomic mass is 16.1. The number of hydrogen-bond acceptors (Lipinski definition) is 3. The Morgan fingerprint density at radius 2 is 1.65 bits per heavy atom. The van der Waals surface area contributed by atoms with Gasteiger partial charge < -0.3 is 0 Å². The van der Waals surface area contributed by atoms with Crippen LogP contribution in [-0.4, -0.2) is 15.8 Å². The quantitative estimate of drug-likeness (QED) is 0.699. The predicted molar refractivity (Wildman–Crippen MR) is 67.3 cm³/mol. The number of fused-ring (bicyclic) bond motifs is 1. The van der Waals surface area contributed by atoms with Gasteiger partial charge in [0.2, 0.25) is 0 Å². The second-order valence-corrected chi connectivity index (χ2v) is 6.28. The summed E-state index contributed by atoms with van der Waals surface area (Å²) in [5.74, 6) is -0.0144. The van der Waals surface area contributed by atoms with E-state index in [9.17, 15) is 4.79 Å². The Hall–Kier alpha value is -1.25. The summed E-state index contributed by atoms with van der Waals surface area (Å²) < 4.78 is 0. The molecule has 0 saturated carbocycles. The minimum Gasteiger partial charge on any atom is -0.293 e. The van der Waals surface area contributed by atoms with Gasteiger partial charge in [-0.15, -0.1) is 0 Å². The lowest BCUT2D eigenvalue weighted by atomic mass is 9.67. The molecule has 0 bridgehead atoms. The van der Waals surface area contributed by atoms with Crippen LogP contribution in [0.1, 0.15) is 69.3 Å². The first-order valence-electron chi connectivity index (χ1n) is 6.13. The summed E-state index contributed by atoms with van der Waals surface area (Å²) in [5.41, 5.74) is 2.62. The van der Waals surface area contributed by atoms with Gasteiger partial charge in [0.1, 0.15) is 5.69 Å². The second kappa shape index (κ2) is 3.62. The van der Waals surface area contributed by atoms with Crippen LogP contribution in [0.25, 0.3) is 0 Å². The number of hydrogen-bond donors (Lipinski definition) is 0. The fourth-order valence-corrected chi connectivity index (χ4v) is 2.39. The highest BCUT2D eigenvalue weighted by molar-refractivity contribution is 5.91. The lowest BCUT2D eigenvalue weighted by Crippen LogP contribution is -2.36. The predicted octanol–water partition coefficient (Wildman–Crippen LogP) is 3.03. The van der Waals surface area contributed by atoms with Crippen LogP contribution in [0.5, 0.6) is 0 Å². The van der Waals surface area contributed by atoms with Gasteiger partial charge >= 0.3 is 0 Å². The lowest BCUT2D eigenvalue weighted by Gasteiger charge is -2.39. The van der Waals surface area contributed by atoms with E-state index in [1.807, 2.05) is 0 Å². The van der Waals surface area contributed by atoms with Crippen LogP contribution in [0.3, 0.4) is 0 Å². The first-order valence-corrected chi connectivity index (χ1v) is 6.13. The summed E-state index contributed by atoms with van der Waals surface area (Å²) in [6, 6.07) is 0. The standard InChI is InChI=1S/C14H20N2O/c1-9(17)10-8-15-11-12(16-10)14(4,5)7-6-13(11,2)3/h8H,6-7H2,1-5H3. The van der Waals surface area contributed by atoms with Gasteiger partial charge in [-0.3, -0.25) is 9.78 Å². The normalized spacial score (nSPS) is 20.8. The van der Waals surface area contributed by atoms with Gasteiger partial charge in [-0.05, 0) is 12.8 Å². The minimum absolute atomic E-state index is 0.0144. The lowest BCUT2D eigenvalue weighted by molar-refractivity contribution is 0.101. The molecule has 0 saturated heterocycles. The van der Waals surface area contributed by atoms with Crippen LogP contribution in [0, 0.1) is 0 Å². The van der Waals surface area contributed by atoms with Crippen LogP contribution in [-0.2, 0) is 10.8 Å². The monoisotopic (exact) mass is 232 g/mol. The molecule has 0 N–H and O–H groups in total. The number of ketones is 1. The molecule has 3 heteroatoms. The smallest absolute Gasteiger partial charge is 0.179 e. The number of Topliss-reactive ketones (excluding diaryl/α,β-unsaturated/α-hetero) is 1. The third-order valence-electron chi connectivity index (χ3n) is 3.79. The van der Waals surface area contributed by atoms with E-state index in [4.69, 9.17) is 0 Å². The van der Waals surface area contributed by atoms with E-state index >= 15 is 0 Å². The minimum atomic E-state index is -0.0144. The van der Waals surface area contributed by atoms with Crippen molar-refractivity contribution in [2.45, 2.75) is 58.3 Å². The molecule has 0 amide bonds. The Labute approximate surface area is 103 Å². The van der Waals surface area contributed by atoms with Crippen molar-refractivity contribution in [2.24, 2.45) is 0 Å². The fraction of sp³-hybridized carbons (Fsp3) is 0.643. The summed E-state index contributed by atoms with van der Waals surface area (Å²) in [6.07, 6.45) is 3.81. The molecule has 1 aliphatic rings. The molecule has 0 aliphatic heterocycles. The molecule has 1 aromatic rings. The van der Waals surface area contributed by atoms with Gasteiger partial charge in [0.05, 0.1) is 17.6 Å². The zero-order valence-corrected chi connectivity index (χ0v) is 11.3. The molecule has 92 valence electrons. The average molecular weight is 232 g/mol. The zero-order valence-electron chi connectivity index (χ0n) is 11.3. The molecule has 0 spiro atoms. The Bertz CT molecular complexity index is 475. The van der Waals surface area contributed by atoms with E-state index in [1.165, 1.54) is 6.92 Å². The topological polar surface area (TPSA) is 42.9 Å². The second-order valence-electron chi connectivity index (χ2n) is 6.28. The fourth-order valence-electron chi connectivity index (χ4n) is 2.39. The van der Waals surface area contributed by atoms with Crippen LogP contribution in [0.2, 0.25) is 0 Å². The van der Waals surface area contributed by atoms with E-state index in [0.29, 0.717) is 5.69 Å². The van der Waals surface area contributed by atoms with Crippen LogP contribution < -0.4 is 0 Å². The zero-order chi connectivity index (χ0) is 12.8. The molecule has 1 aliphatic carbocycles. The van der Waals surface area contributed by atoms with Gasteiger partial charge in [-0.1, -0.05) is 27.7 Å². The molecule has 0 atom stereocenters. The molecule has 0 aromatic carbocycles. The third-order valence-corrected chi connectivity index (χ3v) is 3.79. The van der Waals surface area contributed by atoms with Crippen molar-refractivity contribution < 1.29 is 4.79 Å². The Morgan fingerprint density at radius 3 is 2.18 bits per heavy atom. The third kappa shape index (κ3) is 1.99. The van der Waals surface area contributed by atoms with Crippen LogP contribution in [0.15, 0.2) is 6.20 Å². The van der Waals surface area contributed by atoms with Gasteiger partial charge in [0, 0.05) is 17.8 Å². The largest absolute Gasteiger partial charge is 0.293 e. The van der Waals surface area contributed by atoms with Gasteiger partial charge in [-0.25, -0.2) is 4.98 Å².